The lowest BCUT2D eigenvalue weighted by atomic mass is 10.0. The highest BCUT2D eigenvalue weighted by atomic mass is 35.5. The molecule has 3 rings (SSSR count). The molecule has 0 aliphatic rings. The summed E-state index contributed by atoms with van der Waals surface area (Å²) in [4.78, 5) is 13.1. The molecular weight excluding hydrogens is 378 g/mol. The molecule has 0 spiro atoms. The third kappa shape index (κ3) is 5.12. The number of benzene rings is 2. The molecule has 1 N–H and O–H groups in total. The Balaban J connectivity index is 1.59. The van der Waals surface area contributed by atoms with E-state index in [0.29, 0.717) is 17.4 Å². The number of nitrogens with one attached hydrogen (secondary N) is 1. The van der Waals surface area contributed by atoms with Crippen molar-refractivity contribution in [3.05, 3.63) is 80.5 Å². The SMILES string of the molecule is Cc1cc(OCc2csc(C(=O)Nc3ccc(C(C)C)cc3)c2)ccc1Cl. The number of aryl methyl sites for hydroxylation is 1. The van der Waals surface area contributed by atoms with Crippen LogP contribution in [0.3, 0.4) is 0 Å². The predicted molar refractivity (Wildman–Crippen MR) is 113 cm³/mol. The van der Waals surface area contributed by atoms with Gasteiger partial charge in [-0.3, -0.25) is 4.79 Å². The molecule has 3 nitrogen and oxygen atoms in total. The maximum atomic E-state index is 12.4. The zero-order valence-electron chi connectivity index (χ0n) is 15.6. The van der Waals surface area contributed by atoms with Crippen molar-refractivity contribution < 1.29 is 9.53 Å². The Hall–Kier alpha value is -2.30. The molecule has 2 aromatic carbocycles. The van der Waals surface area contributed by atoms with Crippen LogP contribution in [0.4, 0.5) is 5.69 Å². The van der Waals surface area contributed by atoms with Gasteiger partial charge in [0.1, 0.15) is 12.4 Å². The van der Waals surface area contributed by atoms with Crippen molar-refractivity contribution in [3.8, 4) is 5.75 Å². The van der Waals surface area contributed by atoms with Crippen molar-refractivity contribution in [1.29, 1.82) is 0 Å². The number of rotatable bonds is 6. The lowest BCUT2D eigenvalue weighted by Crippen LogP contribution is -2.10. The maximum absolute atomic E-state index is 12.4. The lowest BCUT2D eigenvalue weighted by molar-refractivity contribution is 0.103. The summed E-state index contributed by atoms with van der Waals surface area (Å²) in [5.41, 5.74) is 3.99. The normalized spacial score (nSPS) is 10.9. The molecule has 27 heavy (non-hydrogen) atoms. The number of ether oxygens (including phenoxy) is 1. The van der Waals surface area contributed by atoms with E-state index in [0.717, 1.165) is 27.6 Å². The summed E-state index contributed by atoms with van der Waals surface area (Å²) in [5.74, 6) is 1.13. The fourth-order valence-electron chi connectivity index (χ4n) is 2.59. The Morgan fingerprint density at radius 2 is 1.89 bits per heavy atom. The van der Waals surface area contributed by atoms with Crippen LogP contribution in [0.5, 0.6) is 5.75 Å². The highest BCUT2D eigenvalue weighted by molar-refractivity contribution is 7.12. The van der Waals surface area contributed by atoms with Crippen LogP contribution >= 0.6 is 22.9 Å². The fraction of sp³-hybridized carbons (Fsp3) is 0.227. The van der Waals surface area contributed by atoms with Crippen molar-refractivity contribution in [2.75, 3.05) is 5.32 Å². The Bertz CT molecular complexity index is 932. The molecule has 0 aliphatic carbocycles. The minimum atomic E-state index is -0.106. The van der Waals surface area contributed by atoms with E-state index in [1.165, 1.54) is 16.9 Å². The summed E-state index contributed by atoms with van der Waals surface area (Å²) in [7, 11) is 0. The van der Waals surface area contributed by atoms with Gasteiger partial charge in [0.05, 0.1) is 4.88 Å². The average molecular weight is 400 g/mol. The summed E-state index contributed by atoms with van der Waals surface area (Å²) >= 11 is 7.44. The summed E-state index contributed by atoms with van der Waals surface area (Å²) < 4.78 is 5.79. The Labute approximate surface area is 169 Å². The van der Waals surface area contributed by atoms with Gasteiger partial charge < -0.3 is 10.1 Å². The van der Waals surface area contributed by atoms with Crippen LogP contribution in [-0.2, 0) is 6.61 Å². The number of anilines is 1. The van der Waals surface area contributed by atoms with Crippen LogP contribution in [-0.4, -0.2) is 5.91 Å². The molecule has 1 aromatic heterocycles. The van der Waals surface area contributed by atoms with Gasteiger partial charge >= 0.3 is 0 Å². The summed E-state index contributed by atoms with van der Waals surface area (Å²) in [6.45, 7) is 6.65. The standard InChI is InChI=1S/C22H22ClNO2S/c1-14(2)17-4-6-18(7-5-17)24-22(25)21-11-16(13-27-21)12-26-19-8-9-20(23)15(3)10-19/h4-11,13-14H,12H2,1-3H3,(H,24,25). The molecule has 0 saturated heterocycles. The molecule has 3 aromatic rings. The van der Waals surface area contributed by atoms with E-state index in [9.17, 15) is 4.79 Å². The predicted octanol–water partition coefficient (Wildman–Crippen LogP) is 6.66. The number of halogens is 1. The molecule has 1 amide bonds. The third-order valence-corrected chi connectivity index (χ3v) is 5.65. The van der Waals surface area contributed by atoms with E-state index in [2.05, 4.69) is 19.2 Å². The van der Waals surface area contributed by atoms with E-state index in [1.807, 2.05) is 60.8 Å². The molecule has 0 fully saturated rings. The monoisotopic (exact) mass is 399 g/mol. The zero-order valence-corrected chi connectivity index (χ0v) is 17.2. The minimum Gasteiger partial charge on any atom is -0.489 e. The van der Waals surface area contributed by atoms with Crippen LogP contribution in [0.2, 0.25) is 5.02 Å². The van der Waals surface area contributed by atoms with Gasteiger partial charge in [0, 0.05) is 16.3 Å². The van der Waals surface area contributed by atoms with E-state index >= 15 is 0 Å². The Morgan fingerprint density at radius 3 is 2.56 bits per heavy atom. The molecule has 0 bridgehead atoms. The van der Waals surface area contributed by atoms with Gasteiger partial charge in [-0.1, -0.05) is 37.6 Å². The fourth-order valence-corrected chi connectivity index (χ4v) is 3.50. The van der Waals surface area contributed by atoms with Crippen LogP contribution < -0.4 is 10.1 Å². The lowest BCUT2D eigenvalue weighted by Gasteiger charge is -2.08. The van der Waals surface area contributed by atoms with Gasteiger partial charge in [-0.15, -0.1) is 11.3 Å². The van der Waals surface area contributed by atoms with Crippen LogP contribution in [0.25, 0.3) is 0 Å². The first-order chi connectivity index (χ1) is 12.9. The van der Waals surface area contributed by atoms with Crippen LogP contribution in [0, 0.1) is 6.92 Å². The second-order valence-corrected chi connectivity index (χ2v) is 8.07. The molecule has 0 saturated carbocycles. The average Bonchev–Trinajstić information content (AvgIpc) is 3.12. The number of amides is 1. The molecule has 0 radical (unpaired) electrons. The second-order valence-electron chi connectivity index (χ2n) is 6.75. The van der Waals surface area contributed by atoms with Crippen molar-refractivity contribution in [3.63, 3.8) is 0 Å². The third-order valence-electron chi connectivity index (χ3n) is 4.25. The van der Waals surface area contributed by atoms with Crippen molar-refractivity contribution in [2.24, 2.45) is 0 Å². The first kappa shape index (κ1) is 19.5. The number of carbonyl (C=O) groups excluding carboxylic acids is 1. The molecule has 0 unspecified atom stereocenters. The molecule has 5 heteroatoms. The van der Waals surface area contributed by atoms with E-state index in [-0.39, 0.29) is 5.91 Å². The van der Waals surface area contributed by atoms with Crippen LogP contribution in [0.1, 0.15) is 46.1 Å². The largest absolute Gasteiger partial charge is 0.489 e. The van der Waals surface area contributed by atoms with Crippen molar-refractivity contribution in [2.45, 2.75) is 33.3 Å². The van der Waals surface area contributed by atoms with Gasteiger partial charge in [-0.05, 0) is 65.7 Å². The minimum absolute atomic E-state index is 0.106. The van der Waals surface area contributed by atoms with E-state index in [1.54, 1.807) is 0 Å². The number of hydrogen-bond donors (Lipinski definition) is 1. The quantitative estimate of drug-likeness (QED) is 0.503. The maximum Gasteiger partial charge on any atom is 0.265 e. The molecular formula is C22H22ClNO2S. The highest BCUT2D eigenvalue weighted by Crippen LogP contribution is 2.23. The topological polar surface area (TPSA) is 38.3 Å². The van der Waals surface area contributed by atoms with Gasteiger partial charge in [0.2, 0.25) is 0 Å². The second kappa shape index (κ2) is 8.59. The van der Waals surface area contributed by atoms with Crippen molar-refractivity contribution >= 4 is 34.5 Å². The van der Waals surface area contributed by atoms with Crippen molar-refractivity contribution in [1.82, 2.24) is 0 Å². The van der Waals surface area contributed by atoms with Gasteiger partial charge in [0.25, 0.3) is 5.91 Å². The highest BCUT2D eigenvalue weighted by Gasteiger charge is 2.10. The van der Waals surface area contributed by atoms with Gasteiger partial charge in [-0.2, -0.15) is 0 Å². The molecule has 1 heterocycles. The first-order valence-corrected chi connectivity index (χ1v) is 10.1. The summed E-state index contributed by atoms with van der Waals surface area (Å²) in [5, 5.41) is 5.61. The van der Waals surface area contributed by atoms with Gasteiger partial charge in [0.15, 0.2) is 0 Å². The van der Waals surface area contributed by atoms with E-state index < -0.39 is 0 Å². The number of thiophene rings is 1. The number of carbonyl (C=O) groups is 1. The first-order valence-electron chi connectivity index (χ1n) is 8.80. The molecule has 0 atom stereocenters. The molecule has 140 valence electrons. The molecule has 0 aliphatic heterocycles. The summed E-state index contributed by atoms with van der Waals surface area (Å²) in [6, 6.07) is 15.4. The van der Waals surface area contributed by atoms with E-state index in [4.69, 9.17) is 16.3 Å². The Morgan fingerprint density at radius 1 is 1.15 bits per heavy atom. The Kier molecular flexibility index (Phi) is 6.19. The zero-order chi connectivity index (χ0) is 19.4. The summed E-state index contributed by atoms with van der Waals surface area (Å²) in [6.07, 6.45) is 0. The van der Waals surface area contributed by atoms with Gasteiger partial charge in [-0.25, -0.2) is 0 Å². The van der Waals surface area contributed by atoms with Crippen LogP contribution in [0.15, 0.2) is 53.9 Å². The smallest absolute Gasteiger partial charge is 0.265 e. The number of hydrogen-bond acceptors (Lipinski definition) is 3.